The minimum Gasteiger partial charge on any atom is -0.508 e. The van der Waals surface area contributed by atoms with Crippen molar-refractivity contribution >= 4 is 45.5 Å². The first-order valence-corrected chi connectivity index (χ1v) is 22.6. The number of fused-ring (bicyclic) bond motifs is 4. The maximum absolute atomic E-state index is 15.3. The number of aliphatic imine (C=N–C) groups is 1. The average Bonchev–Trinajstić information content (AvgIpc) is 3.79. The van der Waals surface area contributed by atoms with Gasteiger partial charge in [0.1, 0.15) is 51.9 Å². The molecule has 0 unspecified atom stereocenters. The number of thiophene rings is 1. The lowest BCUT2D eigenvalue weighted by Gasteiger charge is -2.40. The third-order valence-corrected chi connectivity index (χ3v) is 14.6. The number of carbonyl (C=O) groups is 1. The molecule has 2 fully saturated rings. The molecule has 2 aromatic heterocycles. The van der Waals surface area contributed by atoms with Crippen molar-refractivity contribution in [3.05, 3.63) is 146 Å². The van der Waals surface area contributed by atoms with Crippen LogP contribution in [0.4, 0.5) is 24.5 Å². The Bertz CT molecular complexity index is 2850. The second kappa shape index (κ2) is 16.3. The number of piperazine rings is 1. The van der Waals surface area contributed by atoms with E-state index in [4.69, 9.17) is 9.73 Å². The number of amides is 1. The molecule has 0 spiro atoms. The van der Waals surface area contributed by atoms with E-state index in [0.29, 0.717) is 60.8 Å². The Morgan fingerprint density at radius 3 is 2.09 bits per heavy atom. The molecule has 0 aliphatic carbocycles. The molecule has 328 valence electrons. The van der Waals surface area contributed by atoms with Gasteiger partial charge in [0.2, 0.25) is 5.91 Å². The number of phenolic OH excluding ortho intramolecular Hbond substituents is 1. The molecule has 4 aromatic carbocycles. The van der Waals surface area contributed by atoms with Crippen LogP contribution in [0.25, 0.3) is 16.1 Å². The maximum Gasteiger partial charge on any atom is 0.225 e. The topological polar surface area (TPSA) is 99.3 Å². The summed E-state index contributed by atoms with van der Waals surface area (Å²) in [5.74, 6) is -0.742. The number of aromatic nitrogens is 3. The Balaban J connectivity index is 0.773. The molecular formula is C50H48F3N7O3S. The number of benzene rings is 4. The number of rotatable bonds is 6. The van der Waals surface area contributed by atoms with E-state index in [1.54, 1.807) is 24.3 Å². The summed E-state index contributed by atoms with van der Waals surface area (Å²) in [6.45, 7) is 14.3. The second-order valence-electron chi connectivity index (χ2n) is 17.2. The van der Waals surface area contributed by atoms with Crippen molar-refractivity contribution in [3.8, 4) is 16.5 Å². The number of aromatic hydroxyl groups is 1. The Kier molecular flexibility index (Phi) is 10.6. The van der Waals surface area contributed by atoms with Gasteiger partial charge in [-0.2, -0.15) is 0 Å². The van der Waals surface area contributed by atoms with Gasteiger partial charge >= 0.3 is 0 Å². The summed E-state index contributed by atoms with van der Waals surface area (Å²) in [6, 6.07) is 22.1. The molecule has 4 aliphatic rings. The van der Waals surface area contributed by atoms with Crippen LogP contribution in [-0.4, -0.2) is 75.7 Å². The van der Waals surface area contributed by atoms with E-state index in [0.717, 1.165) is 70.8 Å². The van der Waals surface area contributed by atoms with Crippen molar-refractivity contribution in [3.63, 3.8) is 0 Å². The molecule has 0 saturated carbocycles. The third-order valence-electron chi connectivity index (χ3n) is 13.4. The van der Waals surface area contributed by atoms with E-state index in [-0.39, 0.29) is 34.8 Å². The van der Waals surface area contributed by atoms with Crippen LogP contribution in [-0.2, 0) is 4.79 Å². The Morgan fingerprint density at radius 1 is 0.781 bits per heavy atom. The first-order chi connectivity index (χ1) is 30.8. The van der Waals surface area contributed by atoms with Crippen LogP contribution in [0.3, 0.4) is 0 Å². The highest BCUT2D eigenvalue weighted by Crippen LogP contribution is 2.49. The van der Waals surface area contributed by atoms with Crippen molar-refractivity contribution in [1.29, 1.82) is 0 Å². The van der Waals surface area contributed by atoms with Crippen molar-refractivity contribution in [1.82, 2.24) is 19.7 Å². The molecule has 1 N–H and O–H groups in total. The van der Waals surface area contributed by atoms with Crippen LogP contribution in [0, 0.1) is 44.1 Å². The van der Waals surface area contributed by atoms with E-state index >= 15 is 8.78 Å². The second-order valence-corrected chi connectivity index (χ2v) is 18.4. The van der Waals surface area contributed by atoms with Gasteiger partial charge in [-0.25, -0.2) is 13.2 Å². The van der Waals surface area contributed by atoms with Crippen molar-refractivity contribution in [2.24, 2.45) is 10.9 Å². The SMILES string of the molecule is CC1=C(c2c(F)cc(F)cc2F)[C@H](c2ccc(N3CCN(C(=O)C4CCN(c5ccc(C6=N[C@@H](C)c7nnc(C)n7-c7sc(C)c(C)c76)cc5)CC4)CC3)cc2)Oc2ccc(O)cc21. The zero-order valence-electron chi connectivity index (χ0n) is 36.3. The van der Waals surface area contributed by atoms with Gasteiger partial charge in [-0.1, -0.05) is 24.3 Å². The number of anilines is 2. The third kappa shape index (κ3) is 7.21. The predicted molar refractivity (Wildman–Crippen MR) is 244 cm³/mol. The average molecular weight is 884 g/mol. The maximum atomic E-state index is 15.3. The van der Waals surface area contributed by atoms with Gasteiger partial charge in [-0.3, -0.25) is 14.4 Å². The van der Waals surface area contributed by atoms with Crippen molar-refractivity contribution in [2.75, 3.05) is 49.1 Å². The highest BCUT2D eigenvalue weighted by Gasteiger charge is 2.35. The number of hydrogen-bond donors (Lipinski definition) is 1. The zero-order chi connectivity index (χ0) is 44.6. The monoisotopic (exact) mass is 883 g/mol. The van der Waals surface area contributed by atoms with Crippen LogP contribution in [0.5, 0.6) is 11.5 Å². The minimum atomic E-state index is -1.04. The number of aryl methyl sites for hydroxylation is 2. The summed E-state index contributed by atoms with van der Waals surface area (Å²) in [7, 11) is 0. The number of ether oxygens (including phenoxy) is 1. The van der Waals surface area contributed by atoms with E-state index in [9.17, 15) is 14.3 Å². The first-order valence-electron chi connectivity index (χ1n) is 21.8. The molecule has 14 heteroatoms. The molecule has 2 saturated heterocycles. The van der Waals surface area contributed by atoms with E-state index in [1.165, 1.54) is 22.6 Å². The number of piperidine rings is 1. The normalized spacial score (nSPS) is 18.9. The molecule has 2 atom stereocenters. The van der Waals surface area contributed by atoms with Gasteiger partial charge in [0.15, 0.2) is 5.82 Å². The molecular weight excluding hydrogens is 836 g/mol. The van der Waals surface area contributed by atoms with Gasteiger partial charge in [-0.05, 0) is 107 Å². The molecule has 6 heterocycles. The fourth-order valence-electron chi connectivity index (χ4n) is 9.79. The van der Waals surface area contributed by atoms with E-state index < -0.39 is 23.6 Å². The summed E-state index contributed by atoms with van der Waals surface area (Å²) in [5.41, 5.74) is 8.03. The standard InChI is InChI=1S/C50H48F3N7O3S/c1-27-30(4)64-50-44(27)46(54-29(3)48-56-55-31(5)60(48)50)32-6-10-36(11-7-32)57-18-16-34(17-19-57)49(62)59-22-20-58(21-23-59)37-12-8-33(9-13-37)47-43(45-40(52)24-35(51)25-41(45)53)28(2)39-26-38(61)14-15-42(39)63-47/h6-15,24-26,29,34,47,61H,16-23H2,1-5H3/t29-,47-/m0/s1. The van der Waals surface area contributed by atoms with Crippen molar-refractivity contribution in [2.45, 2.75) is 59.6 Å². The molecule has 0 bridgehead atoms. The summed E-state index contributed by atoms with van der Waals surface area (Å²) in [6.07, 6.45) is 0.682. The number of nitrogens with zero attached hydrogens (tertiary/aromatic N) is 7. The zero-order valence-corrected chi connectivity index (χ0v) is 37.1. The quantitative estimate of drug-likeness (QED) is 0.178. The van der Waals surface area contributed by atoms with Gasteiger partial charge in [0.25, 0.3) is 0 Å². The molecule has 6 aromatic rings. The Morgan fingerprint density at radius 2 is 1.42 bits per heavy atom. The van der Waals surface area contributed by atoms with Gasteiger partial charge in [0, 0.05) is 95.8 Å². The Labute approximate surface area is 374 Å². The minimum absolute atomic E-state index is 0.0168. The predicted octanol–water partition coefficient (Wildman–Crippen LogP) is 9.92. The van der Waals surface area contributed by atoms with Crippen molar-refractivity contribution < 1.29 is 27.8 Å². The van der Waals surface area contributed by atoms with Gasteiger partial charge < -0.3 is 24.5 Å². The van der Waals surface area contributed by atoms with Gasteiger partial charge in [-0.15, -0.1) is 21.5 Å². The van der Waals surface area contributed by atoms with Crippen LogP contribution in [0.2, 0.25) is 0 Å². The van der Waals surface area contributed by atoms with Crippen LogP contribution >= 0.6 is 11.3 Å². The fraction of sp³-hybridized carbons (Fsp3) is 0.320. The number of allylic oxidation sites excluding steroid dienone is 1. The molecule has 0 radical (unpaired) electrons. The van der Waals surface area contributed by atoms with Gasteiger partial charge in [0.05, 0.1) is 11.3 Å². The number of phenols is 1. The van der Waals surface area contributed by atoms with Crippen LogP contribution < -0.4 is 14.5 Å². The fourth-order valence-corrected chi connectivity index (χ4v) is 11.0. The summed E-state index contributed by atoms with van der Waals surface area (Å²) >= 11 is 1.76. The van der Waals surface area contributed by atoms with Crippen LogP contribution in [0.15, 0.2) is 83.9 Å². The number of halogens is 3. The molecule has 10 rings (SSSR count). The highest BCUT2D eigenvalue weighted by molar-refractivity contribution is 7.15. The molecule has 10 nitrogen and oxygen atoms in total. The number of carbonyl (C=O) groups excluding carboxylic acids is 1. The molecule has 4 aliphatic heterocycles. The molecule has 1 amide bonds. The summed E-state index contributed by atoms with van der Waals surface area (Å²) in [4.78, 5) is 26.9. The van der Waals surface area contributed by atoms with E-state index in [2.05, 4.69) is 69.6 Å². The summed E-state index contributed by atoms with van der Waals surface area (Å²) < 4.78 is 53.1. The lowest BCUT2D eigenvalue weighted by atomic mass is 9.85. The lowest BCUT2D eigenvalue weighted by Crippen LogP contribution is -2.51. The highest BCUT2D eigenvalue weighted by atomic mass is 32.1. The van der Waals surface area contributed by atoms with E-state index in [1.807, 2.05) is 36.1 Å². The molecule has 64 heavy (non-hydrogen) atoms. The first kappa shape index (κ1) is 41.6. The number of hydrogen-bond acceptors (Lipinski definition) is 9. The van der Waals surface area contributed by atoms with Crippen LogP contribution in [0.1, 0.15) is 88.7 Å². The smallest absolute Gasteiger partial charge is 0.225 e. The summed E-state index contributed by atoms with van der Waals surface area (Å²) in [5, 5.41) is 20.2. The Hall–Kier alpha value is -6.41. The largest absolute Gasteiger partial charge is 0.508 e. The lowest BCUT2D eigenvalue weighted by molar-refractivity contribution is -0.136.